The zero-order chi connectivity index (χ0) is 16.4. The minimum absolute atomic E-state index is 0.00966. The topological polar surface area (TPSA) is 63.0 Å². The summed E-state index contributed by atoms with van der Waals surface area (Å²) in [5, 5.41) is 0. The van der Waals surface area contributed by atoms with Crippen LogP contribution in [0.5, 0.6) is 0 Å². The van der Waals surface area contributed by atoms with Crippen LogP contribution in [0.1, 0.15) is 50.2 Å². The first kappa shape index (κ1) is 17.0. The Morgan fingerprint density at radius 1 is 1.26 bits per heavy atom. The third-order valence-electron chi connectivity index (χ3n) is 4.66. The first-order chi connectivity index (χ1) is 11.0. The largest absolute Gasteiger partial charge is 0.465 e. The maximum Gasteiger partial charge on any atom is 0.282 e. The second kappa shape index (κ2) is 6.93. The monoisotopic (exact) mass is 342 g/mol. The van der Waals surface area contributed by atoms with Gasteiger partial charge in [-0.1, -0.05) is 0 Å². The average molecular weight is 342 g/mol. The minimum atomic E-state index is -3.47. The molecule has 3 heterocycles. The van der Waals surface area contributed by atoms with Crippen molar-refractivity contribution in [1.82, 2.24) is 8.61 Å². The van der Waals surface area contributed by atoms with Crippen LogP contribution < -0.4 is 0 Å². The maximum atomic E-state index is 13.1. The van der Waals surface area contributed by atoms with Gasteiger partial charge in [0.25, 0.3) is 10.2 Å². The molecular weight excluding hydrogens is 316 g/mol. The number of hydrogen-bond donors (Lipinski definition) is 0. The first-order valence-corrected chi connectivity index (χ1v) is 9.87. The van der Waals surface area contributed by atoms with Crippen LogP contribution in [0.4, 0.5) is 0 Å². The Bertz CT molecular complexity index is 626. The minimum Gasteiger partial charge on any atom is -0.465 e. The summed E-state index contributed by atoms with van der Waals surface area (Å²) in [7, 11) is -3.47. The molecule has 130 valence electrons. The summed E-state index contributed by atoms with van der Waals surface area (Å²) in [5.74, 6) is 1.57. The van der Waals surface area contributed by atoms with Gasteiger partial charge >= 0.3 is 0 Å². The van der Waals surface area contributed by atoms with Crippen molar-refractivity contribution in [2.75, 3.05) is 26.2 Å². The number of aryl methyl sites for hydroxylation is 1. The van der Waals surface area contributed by atoms with Gasteiger partial charge < -0.3 is 9.15 Å². The van der Waals surface area contributed by atoms with E-state index in [0.717, 1.165) is 37.2 Å². The Hall–Kier alpha value is -0.890. The lowest BCUT2D eigenvalue weighted by molar-refractivity contribution is 0.0249. The Kier molecular flexibility index (Phi) is 5.10. The van der Waals surface area contributed by atoms with E-state index in [2.05, 4.69) is 0 Å². The van der Waals surface area contributed by atoms with Gasteiger partial charge in [-0.25, -0.2) is 0 Å². The van der Waals surface area contributed by atoms with Gasteiger partial charge in [0.1, 0.15) is 11.5 Å². The van der Waals surface area contributed by atoms with Crippen LogP contribution in [0.3, 0.4) is 0 Å². The van der Waals surface area contributed by atoms with Gasteiger partial charge in [-0.3, -0.25) is 0 Å². The van der Waals surface area contributed by atoms with E-state index in [9.17, 15) is 8.42 Å². The molecule has 0 unspecified atom stereocenters. The highest BCUT2D eigenvalue weighted by Crippen LogP contribution is 2.36. The predicted molar refractivity (Wildman–Crippen MR) is 87.3 cm³/mol. The molecule has 1 aromatic heterocycles. The Morgan fingerprint density at radius 2 is 2.04 bits per heavy atom. The molecule has 0 aromatic carbocycles. The SMILES string of the molecule is CCO[C@H]1CCCN(S(=O)(=O)N2CCC[C@@H]2c2ccc(C)o2)C1. The van der Waals surface area contributed by atoms with Gasteiger partial charge in [0.05, 0.1) is 12.1 Å². The van der Waals surface area contributed by atoms with Crippen LogP contribution in [0, 0.1) is 6.92 Å². The number of furan rings is 1. The third kappa shape index (κ3) is 3.47. The maximum absolute atomic E-state index is 13.1. The molecule has 0 spiro atoms. The Labute approximate surface area is 138 Å². The lowest BCUT2D eigenvalue weighted by Crippen LogP contribution is -2.49. The van der Waals surface area contributed by atoms with Crippen molar-refractivity contribution in [2.45, 2.75) is 51.7 Å². The van der Waals surface area contributed by atoms with Gasteiger partial charge in [-0.2, -0.15) is 17.0 Å². The fourth-order valence-corrected chi connectivity index (χ4v) is 5.47. The van der Waals surface area contributed by atoms with Crippen LogP contribution in [-0.2, 0) is 14.9 Å². The lowest BCUT2D eigenvalue weighted by atomic mass is 10.1. The normalized spacial score (nSPS) is 27.6. The highest BCUT2D eigenvalue weighted by Gasteiger charge is 2.41. The molecular formula is C16H26N2O4S. The molecule has 6 nitrogen and oxygen atoms in total. The zero-order valence-corrected chi connectivity index (χ0v) is 14.7. The van der Waals surface area contributed by atoms with E-state index >= 15 is 0 Å². The number of nitrogens with zero attached hydrogens (tertiary/aromatic N) is 2. The van der Waals surface area contributed by atoms with Crippen LogP contribution in [0.15, 0.2) is 16.5 Å². The van der Waals surface area contributed by atoms with Gasteiger partial charge in [0.15, 0.2) is 0 Å². The summed E-state index contributed by atoms with van der Waals surface area (Å²) in [6.07, 6.45) is 3.47. The van der Waals surface area contributed by atoms with Crippen LogP contribution in [0.25, 0.3) is 0 Å². The van der Waals surface area contributed by atoms with E-state index < -0.39 is 10.2 Å². The molecule has 1 aromatic rings. The lowest BCUT2D eigenvalue weighted by Gasteiger charge is -2.35. The van der Waals surface area contributed by atoms with E-state index in [0.29, 0.717) is 26.2 Å². The standard InChI is InChI=1S/C16H26N2O4S/c1-3-21-14-6-4-10-17(12-14)23(19,20)18-11-5-7-15(18)16-9-8-13(2)22-16/h8-9,14-15H,3-7,10-12H2,1-2H3/t14-,15+/m0/s1. The van der Waals surface area contributed by atoms with Crippen molar-refractivity contribution < 1.29 is 17.6 Å². The summed E-state index contributed by atoms with van der Waals surface area (Å²) in [4.78, 5) is 0. The van der Waals surface area contributed by atoms with Crippen molar-refractivity contribution >= 4 is 10.2 Å². The zero-order valence-electron chi connectivity index (χ0n) is 13.9. The van der Waals surface area contributed by atoms with Crippen LogP contribution >= 0.6 is 0 Å². The summed E-state index contributed by atoms with van der Waals surface area (Å²) >= 11 is 0. The molecule has 2 aliphatic rings. The summed E-state index contributed by atoms with van der Waals surface area (Å²) in [5.41, 5.74) is 0. The Balaban J connectivity index is 1.78. The van der Waals surface area contributed by atoms with Crippen molar-refractivity contribution in [1.29, 1.82) is 0 Å². The summed E-state index contributed by atoms with van der Waals surface area (Å²) in [6.45, 7) is 6.04. The molecule has 2 fully saturated rings. The molecule has 0 amide bonds. The van der Waals surface area contributed by atoms with Crippen molar-refractivity contribution in [3.8, 4) is 0 Å². The highest BCUT2D eigenvalue weighted by atomic mass is 32.2. The molecule has 2 aliphatic heterocycles. The Morgan fingerprint density at radius 3 is 2.74 bits per heavy atom. The van der Waals surface area contributed by atoms with Crippen LogP contribution in [-0.4, -0.2) is 49.4 Å². The highest BCUT2D eigenvalue weighted by molar-refractivity contribution is 7.86. The molecule has 2 saturated heterocycles. The van der Waals surface area contributed by atoms with E-state index in [1.54, 1.807) is 8.61 Å². The van der Waals surface area contributed by atoms with E-state index in [1.807, 2.05) is 26.0 Å². The van der Waals surface area contributed by atoms with Gasteiger partial charge in [0, 0.05) is 26.2 Å². The first-order valence-electron chi connectivity index (χ1n) is 8.47. The molecule has 23 heavy (non-hydrogen) atoms. The number of rotatable bonds is 5. The third-order valence-corrected chi connectivity index (χ3v) is 6.67. The van der Waals surface area contributed by atoms with Gasteiger partial charge in [-0.05, 0) is 51.7 Å². The van der Waals surface area contributed by atoms with E-state index in [1.165, 1.54) is 0 Å². The second-order valence-corrected chi connectivity index (χ2v) is 8.18. The average Bonchev–Trinajstić information content (AvgIpc) is 3.16. The van der Waals surface area contributed by atoms with Gasteiger partial charge in [-0.15, -0.1) is 0 Å². The van der Waals surface area contributed by atoms with Crippen molar-refractivity contribution in [2.24, 2.45) is 0 Å². The summed E-state index contributed by atoms with van der Waals surface area (Å²) in [6, 6.07) is 3.61. The summed E-state index contributed by atoms with van der Waals surface area (Å²) < 4.78 is 40.7. The number of ether oxygens (including phenoxy) is 1. The molecule has 2 atom stereocenters. The van der Waals surface area contributed by atoms with Gasteiger partial charge in [0.2, 0.25) is 0 Å². The van der Waals surface area contributed by atoms with E-state index in [-0.39, 0.29) is 12.1 Å². The van der Waals surface area contributed by atoms with Crippen molar-refractivity contribution in [3.05, 3.63) is 23.7 Å². The predicted octanol–water partition coefficient (Wildman–Crippen LogP) is 2.47. The molecule has 0 aliphatic carbocycles. The number of hydrogen-bond acceptors (Lipinski definition) is 4. The quantitative estimate of drug-likeness (QED) is 0.825. The van der Waals surface area contributed by atoms with Crippen LogP contribution in [0.2, 0.25) is 0 Å². The smallest absolute Gasteiger partial charge is 0.282 e. The molecule has 0 bridgehead atoms. The number of piperidine rings is 1. The molecule has 7 heteroatoms. The molecule has 0 radical (unpaired) electrons. The van der Waals surface area contributed by atoms with Crippen molar-refractivity contribution in [3.63, 3.8) is 0 Å². The molecule has 0 saturated carbocycles. The fourth-order valence-electron chi connectivity index (χ4n) is 3.57. The van der Waals surface area contributed by atoms with E-state index in [4.69, 9.17) is 9.15 Å². The fraction of sp³-hybridized carbons (Fsp3) is 0.750. The molecule has 0 N–H and O–H groups in total. The second-order valence-electron chi connectivity index (χ2n) is 6.30. The molecule has 3 rings (SSSR count).